The summed E-state index contributed by atoms with van der Waals surface area (Å²) < 4.78 is 16.6. The van der Waals surface area contributed by atoms with Crippen LogP contribution in [0, 0.1) is 17.2 Å². The highest BCUT2D eigenvalue weighted by Gasteiger charge is 2.49. The summed E-state index contributed by atoms with van der Waals surface area (Å²) in [5.41, 5.74) is 15.0. The first-order valence-electron chi connectivity index (χ1n) is 10.9. The van der Waals surface area contributed by atoms with Crippen molar-refractivity contribution >= 4 is 6.09 Å². The Kier molecular flexibility index (Phi) is 5.88. The molecule has 9 nitrogen and oxygen atoms in total. The third kappa shape index (κ3) is 4.12. The molecule has 9 heteroatoms. The minimum Gasteiger partial charge on any atom is -0.458 e. The van der Waals surface area contributed by atoms with Gasteiger partial charge in [-0.2, -0.15) is 5.26 Å². The summed E-state index contributed by atoms with van der Waals surface area (Å²) in [4.78, 5) is 14.0. The van der Waals surface area contributed by atoms with E-state index < -0.39 is 12.3 Å². The first kappa shape index (κ1) is 21.3. The smallest absolute Gasteiger partial charge is 0.415 e. The lowest BCUT2D eigenvalue weighted by Gasteiger charge is -2.36. The summed E-state index contributed by atoms with van der Waals surface area (Å²) in [5, 5.41) is 9.89. The van der Waals surface area contributed by atoms with Gasteiger partial charge in [-0.15, -0.1) is 0 Å². The van der Waals surface area contributed by atoms with E-state index in [9.17, 15) is 10.1 Å². The van der Waals surface area contributed by atoms with E-state index in [0.717, 1.165) is 11.1 Å². The predicted octanol–water partition coefficient (Wildman–Crippen LogP) is 2.12. The van der Waals surface area contributed by atoms with E-state index in [4.69, 9.17) is 19.9 Å². The van der Waals surface area contributed by atoms with Crippen LogP contribution in [0.1, 0.15) is 23.1 Å². The number of fused-ring (bicyclic) bond motifs is 1. The fourth-order valence-corrected chi connectivity index (χ4v) is 4.69. The minimum absolute atomic E-state index is 0.0866. The van der Waals surface area contributed by atoms with Crippen molar-refractivity contribution in [2.24, 2.45) is 11.7 Å². The number of hydrazine groups is 1. The molecular formula is C24H25N5O4. The summed E-state index contributed by atoms with van der Waals surface area (Å²) in [6, 6.07) is 19.4. The average Bonchev–Trinajstić information content (AvgIpc) is 3.28. The summed E-state index contributed by atoms with van der Waals surface area (Å²) in [6.07, 6.45) is -0.788. The van der Waals surface area contributed by atoms with Crippen molar-refractivity contribution in [3.8, 4) is 11.8 Å². The van der Waals surface area contributed by atoms with E-state index in [-0.39, 0.29) is 23.8 Å². The number of hydrogen-bond acceptors (Lipinski definition) is 8. The summed E-state index contributed by atoms with van der Waals surface area (Å²) >= 11 is 0. The molecule has 170 valence electrons. The standard InChI is InChI=1S/C24H25N5O4/c25-14-18-19(15-6-8-17(9-7-15)32-24(30)29-10-12-31-13-11-29)20-21(16-4-2-1-3-5-16)27-28-23(20)33-22(18)26/h1-9,19-21,23,27-28H,10-13,26H2. The molecule has 5 rings (SSSR count). The predicted molar refractivity (Wildman–Crippen MR) is 118 cm³/mol. The Labute approximate surface area is 191 Å². The average molecular weight is 447 g/mol. The van der Waals surface area contributed by atoms with Crippen LogP contribution in [0.15, 0.2) is 66.1 Å². The highest BCUT2D eigenvalue weighted by molar-refractivity contribution is 5.70. The fourth-order valence-electron chi connectivity index (χ4n) is 4.69. The summed E-state index contributed by atoms with van der Waals surface area (Å²) in [6.45, 7) is 2.04. The van der Waals surface area contributed by atoms with Gasteiger partial charge in [0.1, 0.15) is 11.8 Å². The zero-order chi connectivity index (χ0) is 22.8. The number of rotatable bonds is 3. The van der Waals surface area contributed by atoms with Crippen LogP contribution >= 0.6 is 0 Å². The van der Waals surface area contributed by atoms with Crippen molar-refractivity contribution < 1.29 is 19.0 Å². The maximum Gasteiger partial charge on any atom is 0.415 e. The van der Waals surface area contributed by atoms with Crippen LogP contribution in [-0.2, 0) is 9.47 Å². The molecule has 0 bridgehead atoms. The Morgan fingerprint density at radius 3 is 2.48 bits per heavy atom. The van der Waals surface area contributed by atoms with Crippen LogP contribution < -0.4 is 21.3 Å². The van der Waals surface area contributed by atoms with E-state index in [1.807, 2.05) is 42.5 Å². The van der Waals surface area contributed by atoms with E-state index in [0.29, 0.717) is 37.6 Å². The Morgan fingerprint density at radius 2 is 1.79 bits per heavy atom. The van der Waals surface area contributed by atoms with Gasteiger partial charge in [-0.25, -0.2) is 15.6 Å². The van der Waals surface area contributed by atoms with Crippen LogP contribution in [-0.4, -0.2) is 43.5 Å². The number of carbonyl (C=O) groups is 1. The molecule has 0 aliphatic carbocycles. The number of nitrogens with two attached hydrogens (primary N) is 1. The molecule has 0 radical (unpaired) electrons. The molecule has 2 fully saturated rings. The van der Waals surface area contributed by atoms with Gasteiger partial charge in [0, 0.05) is 24.9 Å². The molecule has 0 saturated carbocycles. The Balaban J connectivity index is 1.42. The number of carbonyl (C=O) groups excluding carboxylic acids is 1. The monoisotopic (exact) mass is 447 g/mol. The maximum atomic E-state index is 12.4. The molecule has 2 aromatic rings. The van der Waals surface area contributed by atoms with Crippen LogP contribution in [0.2, 0.25) is 0 Å². The molecule has 1 amide bonds. The number of nitriles is 1. The van der Waals surface area contributed by atoms with Crippen molar-refractivity contribution in [2.75, 3.05) is 26.3 Å². The lowest BCUT2D eigenvalue weighted by molar-refractivity contribution is 0.0340. The molecule has 0 spiro atoms. The second-order valence-corrected chi connectivity index (χ2v) is 8.20. The van der Waals surface area contributed by atoms with Gasteiger partial charge in [-0.1, -0.05) is 42.5 Å². The number of nitrogens with zero attached hydrogens (tertiary/aromatic N) is 2. The first-order chi connectivity index (χ1) is 16.2. The zero-order valence-corrected chi connectivity index (χ0v) is 17.9. The van der Waals surface area contributed by atoms with E-state index in [1.54, 1.807) is 17.0 Å². The Bertz CT molecular complexity index is 1080. The number of amides is 1. The molecule has 0 aromatic heterocycles. The van der Waals surface area contributed by atoms with Crippen molar-refractivity contribution in [2.45, 2.75) is 18.2 Å². The van der Waals surface area contributed by atoms with E-state index >= 15 is 0 Å². The van der Waals surface area contributed by atoms with Gasteiger partial charge in [-0.3, -0.25) is 0 Å². The lowest BCUT2D eigenvalue weighted by atomic mass is 9.74. The first-order valence-corrected chi connectivity index (χ1v) is 10.9. The van der Waals surface area contributed by atoms with Gasteiger partial charge in [-0.05, 0) is 23.3 Å². The van der Waals surface area contributed by atoms with Gasteiger partial charge in [0.25, 0.3) is 0 Å². The number of allylic oxidation sites excluding steroid dienone is 1. The number of nitrogens with one attached hydrogen (secondary N) is 2. The molecule has 3 aliphatic rings. The van der Waals surface area contributed by atoms with Crippen molar-refractivity contribution in [1.82, 2.24) is 15.8 Å². The summed E-state index contributed by atoms with van der Waals surface area (Å²) in [5.74, 6) is 0.146. The lowest BCUT2D eigenvalue weighted by Crippen LogP contribution is -2.42. The fraction of sp³-hybridized carbons (Fsp3) is 0.333. The van der Waals surface area contributed by atoms with Crippen LogP contribution in [0.25, 0.3) is 0 Å². The van der Waals surface area contributed by atoms with Gasteiger partial charge in [0.05, 0.1) is 24.8 Å². The van der Waals surface area contributed by atoms with Crippen LogP contribution in [0.3, 0.4) is 0 Å². The molecule has 3 aliphatic heterocycles. The highest BCUT2D eigenvalue weighted by atomic mass is 16.6. The van der Waals surface area contributed by atoms with Gasteiger partial charge >= 0.3 is 6.09 Å². The Morgan fingerprint density at radius 1 is 1.06 bits per heavy atom. The molecule has 3 heterocycles. The SMILES string of the molecule is N#CC1=C(N)OC2NNC(c3ccccc3)C2C1c1ccc(OC(=O)N2CCOCC2)cc1. The third-order valence-electron chi connectivity index (χ3n) is 6.32. The molecular weight excluding hydrogens is 422 g/mol. The number of ether oxygens (including phenoxy) is 3. The van der Waals surface area contributed by atoms with Gasteiger partial charge in [0.2, 0.25) is 5.88 Å². The normalized spacial score (nSPS) is 26.8. The molecule has 33 heavy (non-hydrogen) atoms. The second kappa shape index (κ2) is 9.11. The van der Waals surface area contributed by atoms with Crippen molar-refractivity contribution in [1.29, 1.82) is 5.26 Å². The van der Waals surface area contributed by atoms with Crippen LogP contribution in [0.5, 0.6) is 5.75 Å². The minimum atomic E-state index is -0.396. The topological polar surface area (TPSA) is 122 Å². The number of morpholine rings is 1. The maximum absolute atomic E-state index is 12.4. The molecule has 4 N–H and O–H groups in total. The summed E-state index contributed by atoms with van der Waals surface area (Å²) in [7, 11) is 0. The third-order valence-corrected chi connectivity index (χ3v) is 6.32. The Hall–Kier alpha value is -3.58. The zero-order valence-electron chi connectivity index (χ0n) is 17.9. The number of hydrogen-bond donors (Lipinski definition) is 3. The second-order valence-electron chi connectivity index (χ2n) is 8.20. The van der Waals surface area contributed by atoms with E-state index in [2.05, 4.69) is 16.9 Å². The largest absolute Gasteiger partial charge is 0.458 e. The van der Waals surface area contributed by atoms with Crippen molar-refractivity contribution in [3.63, 3.8) is 0 Å². The molecule has 2 saturated heterocycles. The number of benzene rings is 2. The van der Waals surface area contributed by atoms with E-state index in [1.165, 1.54) is 0 Å². The molecule has 4 atom stereocenters. The van der Waals surface area contributed by atoms with Gasteiger partial charge in [0.15, 0.2) is 6.23 Å². The molecule has 4 unspecified atom stereocenters. The van der Waals surface area contributed by atoms with Crippen molar-refractivity contribution in [3.05, 3.63) is 77.2 Å². The highest BCUT2D eigenvalue weighted by Crippen LogP contribution is 2.47. The van der Waals surface area contributed by atoms with Crippen LogP contribution in [0.4, 0.5) is 4.79 Å². The van der Waals surface area contributed by atoms with Gasteiger partial charge < -0.3 is 24.8 Å². The quantitative estimate of drug-likeness (QED) is 0.654. The molecule has 2 aromatic carbocycles.